The average Bonchev–Trinajstić information content (AvgIpc) is 2.75. The van der Waals surface area contributed by atoms with Crippen molar-refractivity contribution in [3.8, 4) is 0 Å². The molecular weight excluding hydrogens is 366 g/mol. The molecule has 7 heteroatoms. The summed E-state index contributed by atoms with van der Waals surface area (Å²) in [4.78, 5) is 29.9. The van der Waals surface area contributed by atoms with E-state index in [0.717, 1.165) is 32.0 Å². The van der Waals surface area contributed by atoms with Crippen molar-refractivity contribution >= 4 is 16.8 Å². The van der Waals surface area contributed by atoms with Gasteiger partial charge in [0, 0.05) is 26.1 Å². The molecule has 0 aliphatic carbocycles. The van der Waals surface area contributed by atoms with Crippen LogP contribution >= 0.6 is 0 Å². The fourth-order valence-electron chi connectivity index (χ4n) is 4.58. The first-order chi connectivity index (χ1) is 14.1. The van der Waals surface area contributed by atoms with Crippen LogP contribution in [0.1, 0.15) is 39.0 Å². The summed E-state index contributed by atoms with van der Waals surface area (Å²) in [5.74, 6) is 1.52. The number of fused-ring (bicyclic) bond motifs is 1. The van der Waals surface area contributed by atoms with E-state index in [1.807, 2.05) is 17.0 Å². The zero-order chi connectivity index (χ0) is 20.2. The maximum atomic E-state index is 12.8. The lowest BCUT2D eigenvalue weighted by Crippen LogP contribution is -2.45. The van der Waals surface area contributed by atoms with E-state index in [-0.39, 0.29) is 18.0 Å². The molecule has 1 amide bonds. The van der Waals surface area contributed by atoms with Gasteiger partial charge in [-0.05, 0) is 62.7 Å². The van der Waals surface area contributed by atoms with Crippen molar-refractivity contribution in [3.05, 3.63) is 34.6 Å². The predicted molar refractivity (Wildman–Crippen MR) is 113 cm³/mol. The van der Waals surface area contributed by atoms with Crippen molar-refractivity contribution in [3.63, 3.8) is 0 Å². The molecule has 1 atom stereocenters. The Morgan fingerprint density at radius 3 is 2.76 bits per heavy atom. The van der Waals surface area contributed by atoms with Gasteiger partial charge < -0.3 is 9.80 Å². The van der Waals surface area contributed by atoms with Crippen molar-refractivity contribution in [2.24, 2.45) is 11.8 Å². The third-order valence-electron chi connectivity index (χ3n) is 6.43. The standard InChI is InChI=1S/C22H31N5O2/c1-17-8-12-25(13-9-17)15-18-5-4-11-26(16-18)21(28)10-14-27-22(29)19-6-2-3-7-20(19)23-24-27/h2-3,6-7,17-18H,4-5,8-16H2,1H3. The molecule has 2 aliphatic heterocycles. The third-order valence-corrected chi connectivity index (χ3v) is 6.43. The molecule has 1 aromatic heterocycles. The number of carbonyl (C=O) groups excluding carboxylic acids is 1. The fourth-order valence-corrected chi connectivity index (χ4v) is 4.58. The molecule has 0 bridgehead atoms. The third kappa shape index (κ3) is 4.83. The summed E-state index contributed by atoms with van der Waals surface area (Å²) in [5.41, 5.74) is 0.408. The molecule has 0 N–H and O–H groups in total. The number of carbonyl (C=O) groups is 1. The summed E-state index contributed by atoms with van der Waals surface area (Å²) in [7, 11) is 0. The van der Waals surface area contributed by atoms with Crippen LogP contribution in [0.15, 0.2) is 29.1 Å². The van der Waals surface area contributed by atoms with Crippen LogP contribution in [-0.2, 0) is 11.3 Å². The van der Waals surface area contributed by atoms with E-state index in [4.69, 9.17) is 0 Å². The number of nitrogens with zero attached hydrogens (tertiary/aromatic N) is 5. The summed E-state index contributed by atoms with van der Waals surface area (Å²) < 4.78 is 1.32. The molecule has 156 valence electrons. The van der Waals surface area contributed by atoms with Crippen LogP contribution in [0.5, 0.6) is 0 Å². The van der Waals surface area contributed by atoms with Gasteiger partial charge in [-0.1, -0.05) is 24.3 Å². The van der Waals surface area contributed by atoms with Crippen molar-refractivity contribution in [2.75, 3.05) is 32.7 Å². The Balaban J connectivity index is 1.31. The van der Waals surface area contributed by atoms with E-state index in [1.165, 1.54) is 37.0 Å². The first-order valence-electron chi connectivity index (χ1n) is 10.9. The molecule has 0 saturated carbocycles. The summed E-state index contributed by atoms with van der Waals surface area (Å²) in [5, 5.41) is 8.64. The van der Waals surface area contributed by atoms with Crippen molar-refractivity contribution in [1.82, 2.24) is 24.8 Å². The summed E-state index contributed by atoms with van der Waals surface area (Å²) >= 11 is 0. The van der Waals surface area contributed by atoms with Crippen molar-refractivity contribution in [2.45, 2.75) is 45.6 Å². The molecule has 0 radical (unpaired) electrons. The summed E-state index contributed by atoms with van der Waals surface area (Å²) in [6.45, 7) is 7.76. The van der Waals surface area contributed by atoms with Gasteiger partial charge in [-0.3, -0.25) is 9.59 Å². The number of piperidine rings is 2. The van der Waals surface area contributed by atoms with E-state index in [1.54, 1.807) is 12.1 Å². The Morgan fingerprint density at radius 2 is 1.93 bits per heavy atom. The highest BCUT2D eigenvalue weighted by Crippen LogP contribution is 2.22. The van der Waals surface area contributed by atoms with Crippen molar-refractivity contribution in [1.29, 1.82) is 0 Å². The second kappa shape index (κ2) is 9.03. The summed E-state index contributed by atoms with van der Waals surface area (Å²) in [6, 6.07) is 7.18. The van der Waals surface area contributed by atoms with Gasteiger partial charge in [0.15, 0.2) is 0 Å². The molecule has 3 heterocycles. The number of aromatic nitrogens is 3. The average molecular weight is 398 g/mol. The molecule has 1 unspecified atom stereocenters. The van der Waals surface area contributed by atoms with Crippen LogP contribution in [0.4, 0.5) is 0 Å². The highest BCUT2D eigenvalue weighted by atomic mass is 16.2. The lowest BCUT2D eigenvalue weighted by atomic mass is 9.94. The number of hydrogen-bond acceptors (Lipinski definition) is 5. The lowest BCUT2D eigenvalue weighted by molar-refractivity contribution is -0.133. The van der Waals surface area contributed by atoms with Crippen LogP contribution in [0.2, 0.25) is 0 Å². The van der Waals surface area contributed by atoms with E-state index < -0.39 is 0 Å². The normalized spacial score (nSPS) is 21.6. The van der Waals surface area contributed by atoms with Gasteiger partial charge in [0.2, 0.25) is 5.91 Å². The molecule has 4 rings (SSSR count). The zero-order valence-corrected chi connectivity index (χ0v) is 17.3. The van der Waals surface area contributed by atoms with Gasteiger partial charge in [-0.25, -0.2) is 4.68 Å². The SMILES string of the molecule is CC1CCN(CC2CCCN(C(=O)CCn3nnc4ccccc4c3=O)C2)CC1. The largest absolute Gasteiger partial charge is 0.342 e. The molecule has 7 nitrogen and oxygen atoms in total. The molecule has 0 spiro atoms. The zero-order valence-electron chi connectivity index (χ0n) is 17.3. The van der Waals surface area contributed by atoms with E-state index in [9.17, 15) is 9.59 Å². The van der Waals surface area contributed by atoms with Gasteiger partial charge in [-0.2, -0.15) is 0 Å². The summed E-state index contributed by atoms with van der Waals surface area (Å²) in [6.07, 6.45) is 5.14. The van der Waals surface area contributed by atoms with Crippen LogP contribution < -0.4 is 5.56 Å². The Kier molecular flexibility index (Phi) is 6.23. The molecule has 2 aromatic rings. The number of benzene rings is 1. The second-order valence-corrected chi connectivity index (χ2v) is 8.72. The fraction of sp³-hybridized carbons (Fsp3) is 0.636. The van der Waals surface area contributed by atoms with Crippen LogP contribution in [0, 0.1) is 11.8 Å². The second-order valence-electron chi connectivity index (χ2n) is 8.72. The number of rotatable bonds is 5. The maximum absolute atomic E-state index is 12.8. The number of aryl methyl sites for hydroxylation is 1. The lowest BCUT2D eigenvalue weighted by Gasteiger charge is -2.38. The number of amides is 1. The van der Waals surface area contributed by atoms with E-state index >= 15 is 0 Å². The Morgan fingerprint density at radius 1 is 1.14 bits per heavy atom. The molecule has 2 aliphatic rings. The Labute approximate surface area is 171 Å². The molecule has 2 saturated heterocycles. The van der Waals surface area contributed by atoms with Gasteiger partial charge in [0.25, 0.3) is 5.56 Å². The Bertz CT molecular complexity index is 903. The van der Waals surface area contributed by atoms with E-state index in [2.05, 4.69) is 22.1 Å². The smallest absolute Gasteiger partial charge is 0.277 e. The monoisotopic (exact) mass is 397 g/mol. The van der Waals surface area contributed by atoms with Gasteiger partial charge in [0.1, 0.15) is 5.52 Å². The van der Waals surface area contributed by atoms with Crippen LogP contribution in [0.3, 0.4) is 0 Å². The quantitative estimate of drug-likeness (QED) is 0.773. The van der Waals surface area contributed by atoms with Crippen LogP contribution in [0.25, 0.3) is 10.9 Å². The highest BCUT2D eigenvalue weighted by molar-refractivity contribution is 5.77. The molecule has 2 fully saturated rings. The minimum Gasteiger partial charge on any atom is -0.342 e. The van der Waals surface area contributed by atoms with Gasteiger partial charge in [0.05, 0.1) is 11.9 Å². The van der Waals surface area contributed by atoms with Gasteiger partial charge >= 0.3 is 0 Å². The minimum atomic E-state index is -0.181. The maximum Gasteiger partial charge on any atom is 0.277 e. The molecule has 1 aromatic carbocycles. The van der Waals surface area contributed by atoms with E-state index in [0.29, 0.717) is 23.2 Å². The Hall–Kier alpha value is -2.28. The first-order valence-corrected chi connectivity index (χ1v) is 10.9. The first kappa shape index (κ1) is 20.0. The van der Waals surface area contributed by atoms with Crippen LogP contribution in [-0.4, -0.2) is 63.4 Å². The highest BCUT2D eigenvalue weighted by Gasteiger charge is 2.26. The van der Waals surface area contributed by atoms with Crippen molar-refractivity contribution < 1.29 is 4.79 Å². The topological polar surface area (TPSA) is 71.3 Å². The van der Waals surface area contributed by atoms with Gasteiger partial charge in [-0.15, -0.1) is 5.10 Å². The predicted octanol–water partition coefficient (Wildman–Crippen LogP) is 2.15. The minimum absolute atomic E-state index is 0.115. The number of hydrogen-bond donors (Lipinski definition) is 0. The number of likely N-dealkylation sites (tertiary alicyclic amines) is 2. The molecular formula is C22H31N5O2. The molecule has 29 heavy (non-hydrogen) atoms.